The van der Waals surface area contributed by atoms with E-state index in [0.717, 1.165) is 19.1 Å². The zero-order valence-corrected chi connectivity index (χ0v) is 9.20. The second-order valence-electron chi connectivity index (χ2n) is 4.78. The minimum atomic E-state index is 0.297. The van der Waals surface area contributed by atoms with Crippen LogP contribution in [0.2, 0.25) is 0 Å². The van der Waals surface area contributed by atoms with Gasteiger partial charge in [-0.05, 0) is 33.2 Å². The number of likely N-dealkylation sites (N-methyl/N-ethyl adjacent to an activating group) is 1. The third kappa shape index (κ3) is 1.98. The van der Waals surface area contributed by atoms with Crippen molar-refractivity contribution in [3.8, 4) is 0 Å². The van der Waals surface area contributed by atoms with Crippen molar-refractivity contribution in [3.63, 3.8) is 0 Å². The summed E-state index contributed by atoms with van der Waals surface area (Å²) in [5.74, 6) is 0.297. The van der Waals surface area contributed by atoms with E-state index in [-0.39, 0.29) is 0 Å². The molecule has 2 saturated heterocycles. The van der Waals surface area contributed by atoms with Crippen molar-refractivity contribution < 1.29 is 4.79 Å². The Morgan fingerprint density at radius 1 is 1.29 bits per heavy atom. The summed E-state index contributed by atoms with van der Waals surface area (Å²) in [6.07, 6.45) is 3.91. The maximum Gasteiger partial charge on any atom is 0.143 e. The molecule has 2 rings (SSSR count). The van der Waals surface area contributed by atoms with Crippen molar-refractivity contribution in [2.75, 3.05) is 26.7 Å². The van der Waals surface area contributed by atoms with Crippen molar-refractivity contribution in [2.24, 2.45) is 0 Å². The van der Waals surface area contributed by atoms with Crippen molar-refractivity contribution in [2.45, 2.75) is 38.3 Å². The molecule has 0 N–H and O–H groups in total. The third-order valence-corrected chi connectivity index (χ3v) is 3.68. The molecule has 0 aromatic carbocycles. The van der Waals surface area contributed by atoms with Crippen LogP contribution < -0.4 is 0 Å². The number of hydrogen-bond donors (Lipinski definition) is 0. The van der Waals surface area contributed by atoms with Crippen LogP contribution in [0.5, 0.6) is 0 Å². The van der Waals surface area contributed by atoms with Gasteiger partial charge >= 0.3 is 0 Å². The highest BCUT2D eigenvalue weighted by Crippen LogP contribution is 2.28. The Hall–Kier alpha value is -0.410. The predicted molar refractivity (Wildman–Crippen MR) is 56.3 cm³/mol. The monoisotopic (exact) mass is 196 g/mol. The van der Waals surface area contributed by atoms with Crippen molar-refractivity contribution in [3.05, 3.63) is 0 Å². The summed E-state index contributed by atoms with van der Waals surface area (Å²) < 4.78 is 0. The maximum atomic E-state index is 11.1. The lowest BCUT2D eigenvalue weighted by Gasteiger charge is -2.24. The van der Waals surface area contributed by atoms with E-state index in [4.69, 9.17) is 0 Å². The van der Waals surface area contributed by atoms with Crippen molar-refractivity contribution in [1.82, 2.24) is 9.80 Å². The Labute approximate surface area is 86.1 Å². The number of ketones is 1. The van der Waals surface area contributed by atoms with Gasteiger partial charge in [0.1, 0.15) is 5.78 Å². The molecule has 2 aliphatic rings. The van der Waals surface area contributed by atoms with E-state index in [1.807, 2.05) is 0 Å². The minimum absolute atomic E-state index is 0.297. The summed E-state index contributed by atoms with van der Waals surface area (Å²) in [7, 11) is 2.24. The third-order valence-electron chi connectivity index (χ3n) is 3.68. The Kier molecular flexibility index (Phi) is 2.88. The van der Waals surface area contributed by atoms with Gasteiger partial charge in [0.15, 0.2) is 0 Å². The van der Waals surface area contributed by atoms with Gasteiger partial charge in [-0.25, -0.2) is 0 Å². The first-order valence-corrected chi connectivity index (χ1v) is 5.60. The van der Waals surface area contributed by atoms with E-state index in [1.54, 1.807) is 6.92 Å². The largest absolute Gasteiger partial charge is 0.299 e. The molecule has 0 aromatic heterocycles. The first-order chi connectivity index (χ1) is 6.66. The minimum Gasteiger partial charge on any atom is -0.299 e. The first-order valence-electron chi connectivity index (χ1n) is 5.60. The highest BCUT2D eigenvalue weighted by Gasteiger charge is 2.34. The normalized spacial score (nSPS) is 34.4. The average Bonchev–Trinajstić information content (AvgIpc) is 2.33. The number of likely N-dealkylation sites (tertiary alicyclic amines) is 1. The first kappa shape index (κ1) is 10.1. The molecule has 2 heterocycles. The summed E-state index contributed by atoms with van der Waals surface area (Å²) in [4.78, 5) is 15.9. The highest BCUT2D eigenvalue weighted by atomic mass is 16.1. The van der Waals surface area contributed by atoms with Crippen LogP contribution in [-0.4, -0.2) is 54.3 Å². The number of nitrogens with zero attached hydrogens (tertiary/aromatic N) is 2. The van der Waals surface area contributed by atoms with Gasteiger partial charge in [-0.3, -0.25) is 14.6 Å². The summed E-state index contributed by atoms with van der Waals surface area (Å²) in [6, 6.07) is 1.47. The lowest BCUT2D eigenvalue weighted by Crippen LogP contribution is -2.38. The molecule has 0 aliphatic carbocycles. The molecule has 0 amide bonds. The number of fused-ring (bicyclic) bond motifs is 2. The molecule has 80 valence electrons. The summed E-state index contributed by atoms with van der Waals surface area (Å²) in [5.41, 5.74) is 0. The Bertz CT molecular complexity index is 229. The molecule has 0 spiro atoms. The molecule has 2 fully saturated rings. The van der Waals surface area contributed by atoms with Gasteiger partial charge < -0.3 is 0 Å². The molecule has 3 nitrogen and oxygen atoms in total. The molecule has 14 heavy (non-hydrogen) atoms. The van der Waals surface area contributed by atoms with E-state index in [1.165, 1.54) is 19.3 Å². The summed E-state index contributed by atoms with van der Waals surface area (Å²) in [5, 5.41) is 0. The average molecular weight is 196 g/mol. The zero-order chi connectivity index (χ0) is 10.1. The molecule has 2 bridgehead atoms. The summed E-state index contributed by atoms with van der Waals surface area (Å²) in [6.45, 7) is 4.53. The van der Waals surface area contributed by atoms with Crippen LogP contribution in [0.4, 0.5) is 0 Å². The van der Waals surface area contributed by atoms with Crippen LogP contribution in [-0.2, 0) is 4.79 Å². The Morgan fingerprint density at radius 2 is 2.00 bits per heavy atom. The highest BCUT2D eigenvalue weighted by molar-refractivity contribution is 5.77. The molecule has 2 aliphatic heterocycles. The standard InChI is InChI=1S/C11H20N2O/c1-9(14)7-13-6-5-10-3-4-11(8-13)12(10)2/h10-11H,3-8H2,1-2H3. The quantitative estimate of drug-likeness (QED) is 0.651. The smallest absolute Gasteiger partial charge is 0.143 e. The van der Waals surface area contributed by atoms with Crippen LogP contribution in [0.25, 0.3) is 0 Å². The molecular formula is C11H20N2O. The van der Waals surface area contributed by atoms with Crippen LogP contribution in [0.1, 0.15) is 26.2 Å². The molecule has 3 heteroatoms. The van der Waals surface area contributed by atoms with Gasteiger partial charge in [0.2, 0.25) is 0 Å². The van der Waals surface area contributed by atoms with Crippen molar-refractivity contribution in [1.29, 1.82) is 0 Å². The molecule has 2 unspecified atom stereocenters. The predicted octanol–water partition coefficient (Wildman–Crippen LogP) is 0.744. The van der Waals surface area contributed by atoms with Gasteiger partial charge in [0.25, 0.3) is 0 Å². The fraction of sp³-hybridized carbons (Fsp3) is 0.909. The van der Waals surface area contributed by atoms with E-state index in [0.29, 0.717) is 18.4 Å². The van der Waals surface area contributed by atoms with Crippen LogP contribution >= 0.6 is 0 Å². The van der Waals surface area contributed by atoms with E-state index >= 15 is 0 Å². The number of rotatable bonds is 2. The maximum absolute atomic E-state index is 11.1. The van der Waals surface area contributed by atoms with Crippen LogP contribution in [0, 0.1) is 0 Å². The SMILES string of the molecule is CC(=O)CN1CCC2CCC(C1)N2C. The molecule has 2 atom stereocenters. The number of Topliss-reactive ketones (excluding diaryl/α,β-unsaturated/α-hetero) is 1. The molecule has 0 aromatic rings. The van der Waals surface area contributed by atoms with Crippen LogP contribution in [0.15, 0.2) is 0 Å². The lowest BCUT2D eigenvalue weighted by molar-refractivity contribution is -0.118. The zero-order valence-electron chi connectivity index (χ0n) is 9.20. The second-order valence-corrected chi connectivity index (χ2v) is 4.78. The van der Waals surface area contributed by atoms with Gasteiger partial charge in [0.05, 0.1) is 6.54 Å². The van der Waals surface area contributed by atoms with Gasteiger partial charge in [-0.2, -0.15) is 0 Å². The summed E-state index contributed by atoms with van der Waals surface area (Å²) >= 11 is 0. The van der Waals surface area contributed by atoms with Gasteiger partial charge in [0, 0.05) is 25.2 Å². The van der Waals surface area contributed by atoms with Crippen molar-refractivity contribution >= 4 is 5.78 Å². The Morgan fingerprint density at radius 3 is 2.71 bits per heavy atom. The van der Waals surface area contributed by atoms with Gasteiger partial charge in [-0.1, -0.05) is 0 Å². The van der Waals surface area contributed by atoms with E-state index in [9.17, 15) is 4.79 Å². The topological polar surface area (TPSA) is 23.6 Å². The fourth-order valence-corrected chi connectivity index (χ4v) is 2.84. The Balaban J connectivity index is 1.96. The second kappa shape index (κ2) is 3.99. The number of carbonyl (C=O) groups is 1. The van der Waals surface area contributed by atoms with Gasteiger partial charge in [-0.15, -0.1) is 0 Å². The molecule has 0 radical (unpaired) electrons. The van der Waals surface area contributed by atoms with Crippen LogP contribution in [0.3, 0.4) is 0 Å². The van der Waals surface area contributed by atoms with E-state index in [2.05, 4.69) is 16.8 Å². The molecule has 0 saturated carbocycles. The number of carbonyl (C=O) groups excluding carboxylic acids is 1. The molecular weight excluding hydrogens is 176 g/mol. The number of hydrogen-bond acceptors (Lipinski definition) is 3. The fourth-order valence-electron chi connectivity index (χ4n) is 2.84. The van der Waals surface area contributed by atoms with E-state index < -0.39 is 0 Å². The lowest BCUT2D eigenvalue weighted by atomic mass is 10.1.